The van der Waals surface area contributed by atoms with E-state index >= 15 is 0 Å². The van der Waals surface area contributed by atoms with E-state index in [4.69, 9.17) is 23.7 Å². The van der Waals surface area contributed by atoms with Crippen LogP contribution in [0.15, 0.2) is 54.1 Å². The van der Waals surface area contributed by atoms with E-state index in [1.54, 1.807) is 28.1 Å². The predicted molar refractivity (Wildman–Crippen MR) is 172 cm³/mol. The molecule has 8 nitrogen and oxygen atoms in total. The molecular formula is C37H49NO7. The molecule has 244 valence electrons. The van der Waals surface area contributed by atoms with Gasteiger partial charge in [0.15, 0.2) is 6.10 Å². The summed E-state index contributed by atoms with van der Waals surface area (Å²) < 4.78 is 30.6. The van der Waals surface area contributed by atoms with Gasteiger partial charge in [-0.15, -0.1) is 0 Å². The van der Waals surface area contributed by atoms with Crippen LogP contribution < -0.4 is 9.47 Å². The zero-order valence-corrected chi connectivity index (χ0v) is 28.6. The van der Waals surface area contributed by atoms with Crippen LogP contribution in [0.25, 0.3) is 0 Å². The Morgan fingerprint density at radius 2 is 1.56 bits per heavy atom. The van der Waals surface area contributed by atoms with Gasteiger partial charge in [0.05, 0.1) is 14.2 Å². The van der Waals surface area contributed by atoms with Crippen molar-refractivity contribution >= 4 is 12.1 Å². The van der Waals surface area contributed by atoms with Crippen molar-refractivity contribution in [1.82, 2.24) is 4.90 Å². The highest BCUT2D eigenvalue weighted by molar-refractivity contribution is 5.80. The van der Waals surface area contributed by atoms with Gasteiger partial charge in [-0.25, -0.2) is 9.59 Å². The summed E-state index contributed by atoms with van der Waals surface area (Å²) in [5.41, 5.74) is 1.36. The molecule has 2 aromatic carbocycles. The number of methoxy groups -OCH3 is 2. The number of esters is 1. The second kappa shape index (κ2) is 11.4. The molecule has 2 aromatic rings. The molecule has 0 radical (unpaired) electrons. The van der Waals surface area contributed by atoms with E-state index in [0.29, 0.717) is 6.42 Å². The molecule has 1 aliphatic heterocycles. The number of rotatable bonds is 5. The fourth-order valence-corrected chi connectivity index (χ4v) is 8.23. The zero-order valence-electron chi connectivity index (χ0n) is 28.6. The minimum absolute atomic E-state index is 0.143. The van der Waals surface area contributed by atoms with Gasteiger partial charge in [0, 0.05) is 16.5 Å². The number of carbonyl (C=O) groups excluding carboxylic acids is 2. The molecule has 45 heavy (non-hydrogen) atoms. The van der Waals surface area contributed by atoms with Crippen LogP contribution in [0.3, 0.4) is 0 Å². The summed E-state index contributed by atoms with van der Waals surface area (Å²) >= 11 is 0. The molecule has 1 fully saturated rings. The van der Waals surface area contributed by atoms with Crippen LogP contribution in [0.5, 0.6) is 11.5 Å². The first-order valence-electron chi connectivity index (χ1n) is 15.8. The van der Waals surface area contributed by atoms with Crippen molar-refractivity contribution < 1.29 is 33.3 Å². The predicted octanol–water partition coefficient (Wildman–Crippen LogP) is 7.54. The number of nitrogens with zero attached hydrogens (tertiary/aromatic N) is 1. The van der Waals surface area contributed by atoms with E-state index < -0.39 is 47.1 Å². The highest BCUT2D eigenvalue weighted by atomic mass is 16.6. The fourth-order valence-electron chi connectivity index (χ4n) is 8.23. The molecule has 0 bridgehead atoms. The molecule has 5 atom stereocenters. The fraction of sp³-hybridized carbons (Fsp3) is 0.568. The van der Waals surface area contributed by atoms with Crippen molar-refractivity contribution in [2.45, 2.75) is 110 Å². The van der Waals surface area contributed by atoms with Crippen LogP contribution in [-0.2, 0) is 30.8 Å². The number of ether oxygens (including phenoxy) is 5. The molecule has 0 saturated carbocycles. The quantitative estimate of drug-likeness (QED) is 0.253. The van der Waals surface area contributed by atoms with Crippen LogP contribution in [0.2, 0.25) is 0 Å². The minimum Gasteiger partial charge on any atom is -0.496 e. The summed E-state index contributed by atoms with van der Waals surface area (Å²) in [5, 5.41) is 0. The van der Waals surface area contributed by atoms with E-state index in [9.17, 15) is 9.59 Å². The number of hydrogen-bond donors (Lipinski definition) is 0. The molecule has 8 heteroatoms. The van der Waals surface area contributed by atoms with Gasteiger partial charge in [-0.3, -0.25) is 4.90 Å². The van der Waals surface area contributed by atoms with Crippen molar-refractivity contribution in [2.75, 3.05) is 14.2 Å². The number of carbonyl (C=O) groups is 2. The molecular weight excluding hydrogens is 570 g/mol. The van der Waals surface area contributed by atoms with Crippen LogP contribution in [0, 0.1) is 11.3 Å². The maximum atomic E-state index is 14.4. The van der Waals surface area contributed by atoms with Crippen LogP contribution in [0.1, 0.15) is 91.5 Å². The average Bonchev–Trinajstić information content (AvgIpc) is 3.24. The molecule has 5 unspecified atom stereocenters. The Morgan fingerprint density at radius 3 is 2.16 bits per heavy atom. The van der Waals surface area contributed by atoms with Gasteiger partial charge in [0.1, 0.15) is 35.0 Å². The van der Waals surface area contributed by atoms with Crippen LogP contribution >= 0.6 is 0 Å². The summed E-state index contributed by atoms with van der Waals surface area (Å²) in [6.45, 7) is 17.8. The highest BCUT2D eigenvalue weighted by Crippen LogP contribution is 2.60. The Morgan fingerprint density at radius 1 is 0.933 bits per heavy atom. The van der Waals surface area contributed by atoms with Crippen molar-refractivity contribution in [3.8, 4) is 11.5 Å². The number of hydrogen-bond acceptors (Lipinski definition) is 7. The SMILES string of the molecule is COc1ccc(OC)c2c1CC1(C)C(OC(=O)C3OC(C)(C)N(C(=O)OC(C)(C)C)C3c3ccccc3)C(C)=CCC1C2(C)C. The molecule has 0 aromatic heterocycles. The lowest BCUT2D eigenvalue weighted by atomic mass is 9.49. The normalized spacial score (nSPS) is 28.3. The largest absolute Gasteiger partial charge is 0.496 e. The van der Waals surface area contributed by atoms with Crippen LogP contribution in [-0.4, -0.2) is 54.7 Å². The summed E-state index contributed by atoms with van der Waals surface area (Å²) in [6, 6.07) is 12.7. The lowest BCUT2D eigenvalue weighted by Gasteiger charge is -2.56. The Hall–Kier alpha value is -3.52. The molecule has 1 saturated heterocycles. The third-order valence-electron chi connectivity index (χ3n) is 9.99. The Labute approximate surface area is 268 Å². The van der Waals surface area contributed by atoms with Crippen LogP contribution in [0.4, 0.5) is 4.79 Å². The van der Waals surface area contributed by atoms with Gasteiger partial charge in [-0.2, -0.15) is 0 Å². The first kappa shape index (κ1) is 32.9. The van der Waals surface area contributed by atoms with E-state index in [2.05, 4.69) is 26.8 Å². The van der Waals surface area contributed by atoms with Gasteiger partial charge >= 0.3 is 12.1 Å². The van der Waals surface area contributed by atoms with Gasteiger partial charge in [-0.1, -0.05) is 57.2 Å². The van der Waals surface area contributed by atoms with Crippen molar-refractivity contribution in [3.05, 3.63) is 70.8 Å². The third kappa shape index (κ3) is 5.60. The topological polar surface area (TPSA) is 83.5 Å². The van der Waals surface area contributed by atoms with Gasteiger partial charge in [0.2, 0.25) is 0 Å². The molecule has 0 spiro atoms. The lowest BCUT2D eigenvalue weighted by Crippen LogP contribution is -2.56. The first-order chi connectivity index (χ1) is 21.0. The molecule has 1 heterocycles. The monoisotopic (exact) mass is 619 g/mol. The van der Waals surface area contributed by atoms with Crippen molar-refractivity contribution in [1.29, 1.82) is 0 Å². The highest BCUT2D eigenvalue weighted by Gasteiger charge is 2.59. The Kier molecular flexibility index (Phi) is 8.31. The minimum atomic E-state index is -1.13. The second-order valence-electron chi connectivity index (χ2n) is 15.0. The average molecular weight is 620 g/mol. The Balaban J connectivity index is 1.55. The lowest BCUT2D eigenvalue weighted by molar-refractivity contribution is -0.175. The van der Waals surface area contributed by atoms with Gasteiger partial charge in [-0.05, 0) is 89.0 Å². The summed E-state index contributed by atoms with van der Waals surface area (Å²) in [4.78, 5) is 29.6. The third-order valence-corrected chi connectivity index (χ3v) is 9.99. The first-order valence-corrected chi connectivity index (χ1v) is 15.8. The summed E-state index contributed by atoms with van der Waals surface area (Å²) in [5.74, 6) is 1.27. The number of benzene rings is 2. The smallest absolute Gasteiger partial charge is 0.413 e. The van der Waals surface area contributed by atoms with Gasteiger partial charge in [0.25, 0.3) is 0 Å². The molecule has 1 amide bonds. The Bertz CT molecular complexity index is 1490. The molecule has 0 N–H and O–H groups in total. The summed E-state index contributed by atoms with van der Waals surface area (Å²) in [6.07, 6.45) is 1.54. The second-order valence-corrected chi connectivity index (χ2v) is 15.0. The summed E-state index contributed by atoms with van der Waals surface area (Å²) in [7, 11) is 3.39. The zero-order chi connectivity index (χ0) is 33.1. The van der Waals surface area contributed by atoms with E-state index in [1.165, 1.54) is 4.90 Å². The number of allylic oxidation sites excluding steroid dienone is 1. The van der Waals surface area contributed by atoms with Gasteiger partial charge < -0.3 is 23.7 Å². The van der Waals surface area contributed by atoms with Crippen molar-refractivity contribution in [2.24, 2.45) is 11.3 Å². The maximum absolute atomic E-state index is 14.4. The maximum Gasteiger partial charge on any atom is 0.413 e. The van der Waals surface area contributed by atoms with E-state index in [1.807, 2.05) is 70.2 Å². The molecule has 3 aliphatic rings. The number of fused-ring (bicyclic) bond motifs is 2. The van der Waals surface area contributed by atoms with Crippen molar-refractivity contribution in [3.63, 3.8) is 0 Å². The molecule has 5 rings (SSSR count). The van der Waals surface area contributed by atoms with E-state index in [0.717, 1.165) is 40.2 Å². The van der Waals surface area contributed by atoms with E-state index in [-0.39, 0.29) is 11.3 Å². The molecule has 2 aliphatic carbocycles. The number of amides is 1. The standard InChI is InChI=1S/C37H49NO7/c1-22-17-20-27-35(5,6)28-24(25(41-10)18-19-26(28)42-11)21-37(27,9)31(22)43-32(39)30-29(23-15-13-12-14-16-23)38(36(7,8)44-30)33(40)45-34(2,3)4/h12-19,27,29-31H,20-21H2,1-11H3.